The van der Waals surface area contributed by atoms with Gasteiger partial charge in [-0.15, -0.1) is 0 Å². The van der Waals surface area contributed by atoms with Crippen LogP contribution in [0.1, 0.15) is 10.8 Å². The number of hydrogen-bond donors (Lipinski definition) is 1. The fourth-order valence-electron chi connectivity index (χ4n) is 1.74. The van der Waals surface area contributed by atoms with E-state index >= 15 is 0 Å². The topological polar surface area (TPSA) is 60.2 Å². The highest BCUT2D eigenvalue weighted by molar-refractivity contribution is 7.93. The third-order valence-electron chi connectivity index (χ3n) is 2.38. The molecule has 1 aliphatic heterocycles. The van der Waals surface area contributed by atoms with E-state index in [0.29, 0.717) is 10.6 Å². The second kappa shape index (κ2) is 3.22. The van der Waals surface area contributed by atoms with Gasteiger partial charge >= 0.3 is 0 Å². The van der Waals surface area contributed by atoms with Gasteiger partial charge in [0.2, 0.25) is 0 Å². The Kier molecular flexibility index (Phi) is 2.29. The van der Waals surface area contributed by atoms with Crippen molar-refractivity contribution in [2.45, 2.75) is 11.3 Å². The van der Waals surface area contributed by atoms with Crippen molar-refractivity contribution < 1.29 is 8.42 Å². The van der Waals surface area contributed by atoms with E-state index in [4.69, 9.17) is 17.3 Å². The quantitative estimate of drug-likeness (QED) is 0.789. The molecule has 5 heteroatoms. The number of benzene rings is 1. The van der Waals surface area contributed by atoms with Crippen molar-refractivity contribution in [2.75, 3.05) is 5.75 Å². The zero-order valence-corrected chi connectivity index (χ0v) is 8.92. The summed E-state index contributed by atoms with van der Waals surface area (Å²) in [7, 11) is -3.02. The predicted molar refractivity (Wildman–Crippen MR) is 56.0 cm³/mol. The Morgan fingerprint density at radius 3 is 2.64 bits per heavy atom. The number of rotatable bonds is 1. The molecule has 1 saturated heterocycles. The Morgan fingerprint density at radius 1 is 1.43 bits per heavy atom. The summed E-state index contributed by atoms with van der Waals surface area (Å²) in [5, 5.41) is -0.0296. The minimum atomic E-state index is -3.02. The summed E-state index contributed by atoms with van der Waals surface area (Å²) in [4.78, 5) is 0. The van der Waals surface area contributed by atoms with Crippen LogP contribution in [0.5, 0.6) is 0 Å². The zero-order valence-electron chi connectivity index (χ0n) is 7.35. The van der Waals surface area contributed by atoms with Gasteiger partial charge in [0.05, 0.1) is 5.75 Å². The lowest BCUT2D eigenvalue weighted by atomic mass is 10.1. The molecule has 2 atom stereocenters. The third-order valence-corrected chi connectivity index (χ3v) is 4.86. The van der Waals surface area contributed by atoms with E-state index in [-0.39, 0.29) is 11.8 Å². The molecule has 1 aliphatic rings. The Labute approximate surface area is 87.8 Å². The summed E-state index contributed by atoms with van der Waals surface area (Å²) >= 11 is 5.78. The van der Waals surface area contributed by atoms with Gasteiger partial charge in [-0.05, 0) is 17.7 Å². The zero-order chi connectivity index (χ0) is 10.3. The Hall–Kier alpha value is -0.580. The van der Waals surface area contributed by atoms with E-state index < -0.39 is 15.1 Å². The smallest absolute Gasteiger partial charge is 0.160 e. The van der Waals surface area contributed by atoms with E-state index in [2.05, 4.69) is 0 Å². The number of hydrogen-bond acceptors (Lipinski definition) is 3. The number of nitrogens with two attached hydrogens (primary N) is 1. The lowest BCUT2D eigenvalue weighted by Crippen LogP contribution is -2.50. The summed E-state index contributed by atoms with van der Waals surface area (Å²) in [6.45, 7) is 0. The lowest BCUT2D eigenvalue weighted by Gasteiger charge is -2.33. The molecule has 0 radical (unpaired) electrons. The van der Waals surface area contributed by atoms with E-state index in [1.807, 2.05) is 0 Å². The average Bonchev–Trinajstić information content (AvgIpc) is 2.01. The molecule has 1 heterocycles. The molecule has 2 rings (SSSR count). The van der Waals surface area contributed by atoms with Crippen LogP contribution >= 0.6 is 11.6 Å². The van der Waals surface area contributed by atoms with Gasteiger partial charge in [-0.25, -0.2) is 8.42 Å². The molecule has 2 N–H and O–H groups in total. The van der Waals surface area contributed by atoms with Crippen molar-refractivity contribution in [3.63, 3.8) is 0 Å². The first kappa shape index (κ1) is 9.96. The molecule has 3 nitrogen and oxygen atoms in total. The van der Waals surface area contributed by atoms with Crippen molar-refractivity contribution in [3.05, 3.63) is 34.9 Å². The van der Waals surface area contributed by atoms with Gasteiger partial charge in [0.15, 0.2) is 9.84 Å². The molecule has 1 aromatic carbocycles. The van der Waals surface area contributed by atoms with Crippen LogP contribution in [-0.2, 0) is 9.84 Å². The van der Waals surface area contributed by atoms with Gasteiger partial charge in [0.1, 0.15) is 5.25 Å². The van der Waals surface area contributed by atoms with Gasteiger partial charge < -0.3 is 5.73 Å². The molecular formula is C9H10ClNO2S. The highest BCUT2D eigenvalue weighted by atomic mass is 35.5. The van der Waals surface area contributed by atoms with E-state index in [1.165, 1.54) is 0 Å². The second-order valence-electron chi connectivity index (χ2n) is 3.47. The first-order valence-electron chi connectivity index (χ1n) is 4.23. The highest BCUT2D eigenvalue weighted by Gasteiger charge is 2.44. The van der Waals surface area contributed by atoms with Crippen LogP contribution in [0.4, 0.5) is 0 Å². The minimum Gasteiger partial charge on any atom is -0.325 e. The predicted octanol–water partition coefficient (Wildman–Crippen LogP) is 1.14. The van der Waals surface area contributed by atoms with E-state index in [1.54, 1.807) is 24.3 Å². The van der Waals surface area contributed by atoms with Gasteiger partial charge in [0.25, 0.3) is 0 Å². The fraction of sp³-hybridized carbons (Fsp3) is 0.333. The number of sulfone groups is 1. The first-order chi connectivity index (χ1) is 6.50. The molecule has 0 saturated carbocycles. The number of halogens is 1. The standard InChI is InChI=1S/C9H10ClNO2S/c10-7-3-1-2-6(4-7)9-8(11)5-14(9,12)13/h1-4,8-9H,5,11H2. The molecule has 0 aromatic heterocycles. The largest absolute Gasteiger partial charge is 0.325 e. The first-order valence-corrected chi connectivity index (χ1v) is 6.33. The fourth-order valence-corrected chi connectivity index (χ4v) is 3.71. The van der Waals surface area contributed by atoms with Crippen LogP contribution in [-0.4, -0.2) is 20.2 Å². The maximum Gasteiger partial charge on any atom is 0.160 e. The van der Waals surface area contributed by atoms with Gasteiger partial charge in [0, 0.05) is 11.1 Å². The highest BCUT2D eigenvalue weighted by Crippen LogP contribution is 2.36. The summed E-state index contributed by atoms with van der Waals surface area (Å²) in [6, 6.07) is 6.55. The van der Waals surface area contributed by atoms with Crippen LogP contribution in [0.2, 0.25) is 5.02 Å². The molecule has 0 amide bonds. The van der Waals surface area contributed by atoms with Crippen LogP contribution < -0.4 is 5.73 Å². The SMILES string of the molecule is NC1CS(=O)(=O)C1c1cccc(Cl)c1. The Bertz CT molecular complexity index is 458. The molecule has 1 fully saturated rings. The van der Waals surface area contributed by atoms with Gasteiger partial charge in [-0.1, -0.05) is 23.7 Å². The van der Waals surface area contributed by atoms with Crippen molar-refractivity contribution in [3.8, 4) is 0 Å². The Balaban J connectivity index is 2.41. The molecular weight excluding hydrogens is 222 g/mol. The third kappa shape index (κ3) is 1.54. The molecule has 14 heavy (non-hydrogen) atoms. The molecule has 0 spiro atoms. The van der Waals surface area contributed by atoms with Crippen LogP contribution in [0.3, 0.4) is 0 Å². The van der Waals surface area contributed by atoms with Gasteiger partial charge in [-0.2, -0.15) is 0 Å². The minimum absolute atomic E-state index is 0.0736. The summed E-state index contributed by atoms with van der Waals surface area (Å²) in [5.74, 6) is 0.0736. The van der Waals surface area contributed by atoms with E-state index in [0.717, 1.165) is 0 Å². The second-order valence-corrected chi connectivity index (χ2v) is 6.07. The van der Waals surface area contributed by atoms with Crippen molar-refractivity contribution >= 4 is 21.4 Å². The van der Waals surface area contributed by atoms with Crippen molar-refractivity contribution in [2.24, 2.45) is 5.73 Å². The van der Waals surface area contributed by atoms with Crippen molar-refractivity contribution in [1.29, 1.82) is 0 Å². The average molecular weight is 232 g/mol. The van der Waals surface area contributed by atoms with Crippen molar-refractivity contribution in [1.82, 2.24) is 0 Å². The maximum absolute atomic E-state index is 11.4. The van der Waals surface area contributed by atoms with Gasteiger partial charge in [-0.3, -0.25) is 0 Å². The lowest BCUT2D eigenvalue weighted by molar-refractivity contribution is 0.523. The molecule has 2 unspecified atom stereocenters. The van der Waals surface area contributed by atoms with Crippen LogP contribution in [0.15, 0.2) is 24.3 Å². The normalized spacial score (nSPS) is 29.6. The summed E-state index contributed by atoms with van der Waals surface area (Å²) in [5.41, 5.74) is 6.35. The summed E-state index contributed by atoms with van der Waals surface area (Å²) in [6.07, 6.45) is 0. The Morgan fingerprint density at radius 2 is 2.14 bits per heavy atom. The molecule has 0 aliphatic carbocycles. The molecule has 0 bridgehead atoms. The van der Waals surface area contributed by atoms with Crippen LogP contribution in [0.25, 0.3) is 0 Å². The monoisotopic (exact) mass is 231 g/mol. The van der Waals surface area contributed by atoms with E-state index in [9.17, 15) is 8.42 Å². The van der Waals surface area contributed by atoms with Crippen LogP contribution in [0, 0.1) is 0 Å². The maximum atomic E-state index is 11.4. The molecule has 1 aromatic rings. The molecule has 76 valence electrons. The summed E-state index contributed by atoms with van der Waals surface area (Å²) < 4.78 is 22.8.